The molecule has 27 heavy (non-hydrogen) atoms. The average molecular weight is 375 g/mol. The molecule has 2 aromatic carbocycles. The second-order valence-corrected chi connectivity index (χ2v) is 6.87. The van der Waals surface area contributed by atoms with Crippen molar-refractivity contribution in [3.63, 3.8) is 0 Å². The van der Waals surface area contributed by atoms with Gasteiger partial charge in [0.05, 0.1) is 31.9 Å². The predicted molar refractivity (Wildman–Crippen MR) is 98.2 cm³/mol. The zero-order valence-electron chi connectivity index (χ0n) is 15.1. The number of ether oxygens (including phenoxy) is 3. The summed E-state index contributed by atoms with van der Waals surface area (Å²) in [6.45, 7) is 4.31. The highest BCUT2D eigenvalue weighted by molar-refractivity contribution is 5.48. The Balaban J connectivity index is 1.22. The first-order valence-electron chi connectivity index (χ1n) is 9.22. The number of nitrogens with one attached hydrogen (secondary N) is 1. The average Bonchev–Trinajstić information content (AvgIpc) is 3.15. The van der Waals surface area contributed by atoms with Crippen LogP contribution >= 0.6 is 0 Å². The van der Waals surface area contributed by atoms with Gasteiger partial charge in [-0.2, -0.15) is 0 Å². The molecule has 7 heteroatoms. The lowest BCUT2D eigenvalue weighted by Gasteiger charge is -2.34. The Hall–Kier alpha value is -2.51. The lowest BCUT2D eigenvalue weighted by molar-refractivity contribution is -0.903. The highest BCUT2D eigenvalue weighted by Crippen LogP contribution is 2.35. The first-order valence-corrected chi connectivity index (χ1v) is 9.22. The highest BCUT2D eigenvalue weighted by atomic mass is 19.1. The zero-order valence-corrected chi connectivity index (χ0v) is 15.1. The van der Waals surface area contributed by atoms with Gasteiger partial charge < -0.3 is 29.1 Å². The van der Waals surface area contributed by atoms with Crippen molar-refractivity contribution >= 4 is 5.69 Å². The molecule has 2 aromatic rings. The van der Waals surface area contributed by atoms with Gasteiger partial charge in [-0.25, -0.2) is 4.39 Å². The third-order valence-corrected chi connectivity index (χ3v) is 4.97. The Kier molecular flexibility index (Phi) is 5.31. The van der Waals surface area contributed by atoms with Gasteiger partial charge in [0, 0.05) is 6.07 Å². The summed E-state index contributed by atoms with van der Waals surface area (Å²) in [6.07, 6.45) is -0.564. The molecule has 1 saturated heterocycles. The molecule has 4 rings (SSSR count). The van der Waals surface area contributed by atoms with Crippen LogP contribution in [0.4, 0.5) is 10.1 Å². The molecule has 144 valence electrons. The summed E-state index contributed by atoms with van der Waals surface area (Å²) in [5.41, 5.74) is 0.656. The standard InChI is InChI=1S/C20H23FN2O4/c21-17-3-1-2-4-18(17)23-9-7-22(8-10-23)12-15(24)13-25-16-5-6-19-20(11-16)27-14-26-19/h1-6,11,15,24H,7-10,12-14H2/p+1/t15-/m0/s1. The number of aliphatic hydroxyl groups excluding tert-OH is 1. The molecule has 0 aromatic heterocycles. The van der Waals surface area contributed by atoms with E-state index in [1.165, 1.54) is 11.0 Å². The molecule has 0 unspecified atom stereocenters. The molecule has 0 saturated carbocycles. The first-order chi connectivity index (χ1) is 13.2. The number of benzene rings is 2. The monoisotopic (exact) mass is 375 g/mol. The van der Waals surface area contributed by atoms with Crippen molar-refractivity contribution in [3.8, 4) is 17.2 Å². The summed E-state index contributed by atoms with van der Waals surface area (Å²) in [5, 5.41) is 10.3. The largest absolute Gasteiger partial charge is 0.491 e. The number of aliphatic hydroxyl groups is 1. The maximum absolute atomic E-state index is 13.9. The molecule has 0 radical (unpaired) electrons. The minimum absolute atomic E-state index is 0.182. The maximum atomic E-state index is 13.9. The fraction of sp³-hybridized carbons (Fsp3) is 0.400. The Morgan fingerprint density at radius 1 is 1.11 bits per heavy atom. The van der Waals surface area contributed by atoms with Crippen molar-refractivity contribution in [2.24, 2.45) is 0 Å². The van der Waals surface area contributed by atoms with Crippen molar-refractivity contribution < 1.29 is 28.6 Å². The van der Waals surface area contributed by atoms with Crippen LogP contribution in [0.25, 0.3) is 0 Å². The molecule has 1 fully saturated rings. The Labute approximate surface area is 157 Å². The van der Waals surface area contributed by atoms with E-state index in [1.54, 1.807) is 24.3 Å². The van der Waals surface area contributed by atoms with Gasteiger partial charge in [0.15, 0.2) is 11.5 Å². The highest BCUT2D eigenvalue weighted by Gasteiger charge is 2.24. The third-order valence-electron chi connectivity index (χ3n) is 4.97. The fourth-order valence-electron chi connectivity index (χ4n) is 3.53. The number of piperazine rings is 1. The van der Waals surface area contributed by atoms with Crippen molar-refractivity contribution in [1.29, 1.82) is 0 Å². The number of anilines is 1. The smallest absolute Gasteiger partial charge is 0.231 e. The van der Waals surface area contributed by atoms with Crippen molar-refractivity contribution in [2.75, 3.05) is 51.0 Å². The molecule has 0 spiro atoms. The number of quaternary nitrogens is 1. The van der Waals surface area contributed by atoms with Crippen LogP contribution in [0.5, 0.6) is 17.2 Å². The Morgan fingerprint density at radius 2 is 1.89 bits per heavy atom. The van der Waals surface area contributed by atoms with E-state index in [9.17, 15) is 9.50 Å². The number of hydrogen-bond donors (Lipinski definition) is 2. The van der Waals surface area contributed by atoms with E-state index in [4.69, 9.17) is 14.2 Å². The number of halogens is 1. The summed E-state index contributed by atoms with van der Waals surface area (Å²) in [6, 6.07) is 12.2. The van der Waals surface area contributed by atoms with Crippen LogP contribution in [0.2, 0.25) is 0 Å². The van der Waals surface area contributed by atoms with Gasteiger partial charge in [-0.15, -0.1) is 0 Å². The van der Waals surface area contributed by atoms with Crippen LogP contribution in [0.1, 0.15) is 0 Å². The van der Waals surface area contributed by atoms with E-state index < -0.39 is 6.10 Å². The number of para-hydroxylation sites is 1. The van der Waals surface area contributed by atoms with E-state index in [2.05, 4.69) is 4.90 Å². The molecular weight excluding hydrogens is 351 g/mol. The summed E-state index contributed by atoms with van der Waals surface area (Å²) < 4.78 is 30.2. The zero-order chi connectivity index (χ0) is 18.6. The quantitative estimate of drug-likeness (QED) is 0.779. The van der Waals surface area contributed by atoms with E-state index in [-0.39, 0.29) is 19.2 Å². The van der Waals surface area contributed by atoms with Crippen LogP contribution < -0.4 is 24.0 Å². The number of hydrogen-bond acceptors (Lipinski definition) is 5. The van der Waals surface area contributed by atoms with Crippen LogP contribution in [0.15, 0.2) is 42.5 Å². The molecule has 2 aliphatic heterocycles. The second-order valence-electron chi connectivity index (χ2n) is 6.87. The summed E-state index contributed by atoms with van der Waals surface area (Å²) >= 11 is 0. The summed E-state index contributed by atoms with van der Waals surface area (Å²) in [4.78, 5) is 3.36. The van der Waals surface area contributed by atoms with Gasteiger partial charge in [0.2, 0.25) is 6.79 Å². The van der Waals surface area contributed by atoms with Crippen LogP contribution in [-0.4, -0.2) is 57.3 Å². The molecule has 2 heterocycles. The predicted octanol–water partition coefficient (Wildman–Crippen LogP) is 0.699. The molecule has 0 aliphatic carbocycles. The van der Waals surface area contributed by atoms with Gasteiger partial charge in [-0.3, -0.25) is 0 Å². The fourth-order valence-corrected chi connectivity index (χ4v) is 3.53. The Morgan fingerprint density at radius 3 is 2.70 bits per heavy atom. The lowest BCUT2D eigenvalue weighted by Crippen LogP contribution is -3.16. The van der Waals surface area contributed by atoms with Gasteiger partial charge in [-0.05, 0) is 24.3 Å². The van der Waals surface area contributed by atoms with Crippen LogP contribution in [-0.2, 0) is 0 Å². The minimum Gasteiger partial charge on any atom is -0.491 e. The topological polar surface area (TPSA) is 55.6 Å². The van der Waals surface area contributed by atoms with Crippen LogP contribution in [0, 0.1) is 5.82 Å². The van der Waals surface area contributed by atoms with Crippen molar-refractivity contribution in [1.82, 2.24) is 0 Å². The lowest BCUT2D eigenvalue weighted by atomic mass is 10.2. The SMILES string of the molecule is O[C@H](COc1ccc2c(c1)OCO2)C[NH+]1CCN(c2ccccc2F)CC1. The number of fused-ring (bicyclic) bond motifs is 1. The van der Waals surface area contributed by atoms with E-state index in [0.717, 1.165) is 26.2 Å². The van der Waals surface area contributed by atoms with Gasteiger partial charge in [-0.1, -0.05) is 12.1 Å². The second kappa shape index (κ2) is 8.02. The molecule has 0 amide bonds. The first kappa shape index (κ1) is 17.9. The van der Waals surface area contributed by atoms with Gasteiger partial charge in [0.1, 0.15) is 30.8 Å². The van der Waals surface area contributed by atoms with Gasteiger partial charge in [0.25, 0.3) is 0 Å². The van der Waals surface area contributed by atoms with Crippen molar-refractivity contribution in [2.45, 2.75) is 6.10 Å². The van der Waals surface area contributed by atoms with E-state index in [0.29, 0.717) is 29.5 Å². The minimum atomic E-state index is -0.564. The molecule has 2 aliphatic rings. The van der Waals surface area contributed by atoms with Crippen LogP contribution in [0.3, 0.4) is 0 Å². The summed E-state index contributed by atoms with van der Waals surface area (Å²) in [7, 11) is 0. The van der Waals surface area contributed by atoms with E-state index >= 15 is 0 Å². The molecular formula is C20H24FN2O4+. The number of nitrogens with zero attached hydrogens (tertiary/aromatic N) is 1. The number of rotatable bonds is 6. The summed E-state index contributed by atoms with van der Waals surface area (Å²) in [5.74, 6) is 1.84. The molecule has 2 N–H and O–H groups in total. The van der Waals surface area contributed by atoms with E-state index in [1.807, 2.05) is 12.1 Å². The molecule has 0 bridgehead atoms. The molecule has 1 atom stereocenters. The maximum Gasteiger partial charge on any atom is 0.231 e. The normalized spacial score (nSPS) is 17.8. The van der Waals surface area contributed by atoms with Gasteiger partial charge >= 0.3 is 0 Å². The Bertz CT molecular complexity index is 780. The third kappa shape index (κ3) is 4.26. The molecule has 6 nitrogen and oxygen atoms in total. The van der Waals surface area contributed by atoms with Crippen molar-refractivity contribution in [3.05, 3.63) is 48.3 Å².